The predicted molar refractivity (Wildman–Crippen MR) is 83.8 cm³/mol. The minimum atomic E-state index is -0.403. The van der Waals surface area contributed by atoms with E-state index >= 15 is 0 Å². The molecule has 0 unspecified atom stereocenters. The Hall–Kier alpha value is -1.44. The molecule has 0 atom stereocenters. The van der Waals surface area contributed by atoms with Gasteiger partial charge in [0.2, 0.25) is 0 Å². The summed E-state index contributed by atoms with van der Waals surface area (Å²) in [5, 5.41) is 0. The van der Waals surface area contributed by atoms with E-state index in [0.29, 0.717) is 12.1 Å². The van der Waals surface area contributed by atoms with Gasteiger partial charge >= 0.3 is 7.12 Å². The standard InChI is InChI=1S/C16H22BNO2/c1-7-8-12-9-13(18)10-14(11(12)2)17-19-15(3,4)16(5,6)20-17/h1,9-10H,8,18H2,2-6H3. The summed E-state index contributed by atoms with van der Waals surface area (Å²) in [7, 11) is -0.403. The molecule has 0 spiro atoms. The highest BCUT2D eigenvalue weighted by Crippen LogP contribution is 2.37. The van der Waals surface area contributed by atoms with Crippen molar-refractivity contribution >= 4 is 18.3 Å². The Kier molecular flexibility index (Phi) is 3.62. The topological polar surface area (TPSA) is 44.5 Å². The summed E-state index contributed by atoms with van der Waals surface area (Å²) in [6.07, 6.45) is 5.97. The lowest BCUT2D eigenvalue weighted by Gasteiger charge is -2.32. The fraction of sp³-hybridized carbons (Fsp3) is 0.500. The summed E-state index contributed by atoms with van der Waals surface area (Å²) >= 11 is 0. The first-order valence-electron chi connectivity index (χ1n) is 6.86. The van der Waals surface area contributed by atoms with Gasteiger partial charge in [-0.3, -0.25) is 0 Å². The van der Waals surface area contributed by atoms with Gasteiger partial charge in [0, 0.05) is 12.1 Å². The largest absolute Gasteiger partial charge is 0.495 e. The van der Waals surface area contributed by atoms with Gasteiger partial charge in [0.25, 0.3) is 0 Å². The quantitative estimate of drug-likeness (QED) is 0.508. The van der Waals surface area contributed by atoms with Crippen LogP contribution in [0.1, 0.15) is 38.8 Å². The minimum absolute atomic E-state index is 0.360. The van der Waals surface area contributed by atoms with Crippen molar-refractivity contribution in [3.8, 4) is 12.3 Å². The monoisotopic (exact) mass is 271 g/mol. The van der Waals surface area contributed by atoms with Crippen LogP contribution in [0.3, 0.4) is 0 Å². The first kappa shape index (κ1) is 15.0. The van der Waals surface area contributed by atoms with Crippen LogP contribution in [0.5, 0.6) is 0 Å². The van der Waals surface area contributed by atoms with Crippen molar-refractivity contribution in [1.82, 2.24) is 0 Å². The average molecular weight is 271 g/mol. The van der Waals surface area contributed by atoms with E-state index in [1.807, 2.05) is 46.8 Å². The zero-order valence-electron chi connectivity index (χ0n) is 12.9. The smallest absolute Gasteiger partial charge is 0.399 e. The van der Waals surface area contributed by atoms with E-state index in [2.05, 4.69) is 5.92 Å². The molecule has 2 rings (SSSR count). The molecule has 0 aromatic heterocycles. The second-order valence-corrected chi connectivity index (χ2v) is 6.36. The normalized spacial score (nSPS) is 19.9. The number of anilines is 1. The zero-order valence-corrected chi connectivity index (χ0v) is 12.9. The Morgan fingerprint density at radius 2 is 1.75 bits per heavy atom. The lowest BCUT2D eigenvalue weighted by Crippen LogP contribution is -2.41. The molecule has 1 saturated heterocycles. The lowest BCUT2D eigenvalue weighted by molar-refractivity contribution is 0.00578. The molecular formula is C16H22BNO2. The second kappa shape index (κ2) is 4.84. The highest BCUT2D eigenvalue weighted by molar-refractivity contribution is 6.62. The third kappa shape index (κ3) is 2.44. The number of benzene rings is 1. The maximum atomic E-state index is 6.09. The van der Waals surface area contributed by atoms with Crippen molar-refractivity contribution in [2.75, 3.05) is 5.73 Å². The number of hydrogen-bond acceptors (Lipinski definition) is 3. The van der Waals surface area contributed by atoms with E-state index in [-0.39, 0.29) is 11.2 Å². The fourth-order valence-electron chi connectivity index (χ4n) is 2.33. The van der Waals surface area contributed by atoms with E-state index < -0.39 is 7.12 Å². The molecule has 0 radical (unpaired) electrons. The Balaban J connectivity index is 2.43. The van der Waals surface area contributed by atoms with Gasteiger partial charge in [-0.15, -0.1) is 12.3 Å². The highest BCUT2D eigenvalue weighted by atomic mass is 16.7. The van der Waals surface area contributed by atoms with Crippen LogP contribution >= 0.6 is 0 Å². The van der Waals surface area contributed by atoms with Crippen LogP contribution in [-0.2, 0) is 15.7 Å². The van der Waals surface area contributed by atoms with Crippen molar-refractivity contribution in [3.63, 3.8) is 0 Å². The zero-order chi connectivity index (χ0) is 15.1. The first-order chi connectivity index (χ1) is 9.18. The Morgan fingerprint density at radius 1 is 1.20 bits per heavy atom. The lowest BCUT2D eigenvalue weighted by atomic mass is 9.74. The van der Waals surface area contributed by atoms with Gasteiger partial charge in [-0.2, -0.15) is 0 Å². The van der Waals surface area contributed by atoms with Crippen LogP contribution in [0, 0.1) is 19.3 Å². The molecule has 106 valence electrons. The molecule has 2 N–H and O–H groups in total. The molecular weight excluding hydrogens is 249 g/mol. The Labute approximate surface area is 122 Å². The molecule has 4 heteroatoms. The maximum Gasteiger partial charge on any atom is 0.495 e. The molecule has 1 heterocycles. The van der Waals surface area contributed by atoms with Crippen LogP contribution in [0.15, 0.2) is 12.1 Å². The van der Waals surface area contributed by atoms with E-state index in [1.54, 1.807) is 0 Å². The summed E-state index contributed by atoms with van der Waals surface area (Å²) in [5.74, 6) is 2.67. The van der Waals surface area contributed by atoms with Crippen LogP contribution in [0.4, 0.5) is 5.69 Å². The molecule has 0 amide bonds. The van der Waals surface area contributed by atoms with E-state index in [9.17, 15) is 0 Å². The van der Waals surface area contributed by atoms with Crippen molar-refractivity contribution < 1.29 is 9.31 Å². The third-order valence-electron chi connectivity index (χ3n) is 4.38. The fourth-order valence-corrected chi connectivity index (χ4v) is 2.33. The molecule has 1 aromatic rings. The summed E-state index contributed by atoms with van der Waals surface area (Å²) in [5.41, 5.74) is 9.06. The van der Waals surface area contributed by atoms with Gasteiger partial charge in [-0.25, -0.2) is 0 Å². The van der Waals surface area contributed by atoms with Gasteiger partial charge in [0.1, 0.15) is 0 Å². The van der Waals surface area contributed by atoms with Crippen LogP contribution in [-0.4, -0.2) is 18.3 Å². The minimum Gasteiger partial charge on any atom is -0.399 e. The molecule has 1 aliphatic rings. The summed E-state index contributed by atoms with van der Waals surface area (Å²) in [6.45, 7) is 10.2. The van der Waals surface area contributed by atoms with Gasteiger partial charge in [0.15, 0.2) is 0 Å². The Bertz CT molecular complexity index is 557. The average Bonchev–Trinajstić information content (AvgIpc) is 2.53. The Morgan fingerprint density at radius 3 is 2.25 bits per heavy atom. The van der Waals surface area contributed by atoms with Gasteiger partial charge in [-0.05, 0) is 63.3 Å². The number of terminal acetylenes is 1. The number of rotatable bonds is 2. The van der Waals surface area contributed by atoms with Crippen molar-refractivity contribution in [2.24, 2.45) is 0 Å². The third-order valence-corrected chi connectivity index (χ3v) is 4.38. The molecule has 0 bridgehead atoms. The SMILES string of the molecule is C#CCc1cc(N)cc(B2OC(C)(C)C(C)(C)O2)c1C. The maximum absolute atomic E-state index is 6.09. The van der Waals surface area contributed by atoms with Crippen molar-refractivity contribution in [2.45, 2.75) is 52.2 Å². The van der Waals surface area contributed by atoms with E-state index in [4.69, 9.17) is 21.5 Å². The molecule has 0 aliphatic carbocycles. The summed E-state index contributed by atoms with van der Waals surface area (Å²) < 4.78 is 12.2. The van der Waals surface area contributed by atoms with Crippen LogP contribution in [0.25, 0.3) is 0 Å². The molecule has 1 aromatic carbocycles. The number of nitrogen functional groups attached to an aromatic ring is 1. The second-order valence-electron chi connectivity index (χ2n) is 6.36. The van der Waals surface area contributed by atoms with Gasteiger partial charge in [0.05, 0.1) is 11.2 Å². The highest BCUT2D eigenvalue weighted by Gasteiger charge is 2.52. The van der Waals surface area contributed by atoms with E-state index in [0.717, 1.165) is 16.6 Å². The number of nitrogens with two attached hydrogens (primary N) is 1. The first-order valence-corrected chi connectivity index (χ1v) is 6.86. The van der Waals surface area contributed by atoms with Crippen LogP contribution < -0.4 is 11.2 Å². The van der Waals surface area contributed by atoms with Gasteiger partial charge < -0.3 is 15.0 Å². The molecule has 1 fully saturated rings. The van der Waals surface area contributed by atoms with Crippen molar-refractivity contribution in [3.05, 3.63) is 23.3 Å². The molecule has 3 nitrogen and oxygen atoms in total. The summed E-state index contributed by atoms with van der Waals surface area (Å²) in [4.78, 5) is 0. The number of hydrogen-bond donors (Lipinski definition) is 1. The molecule has 0 saturated carbocycles. The van der Waals surface area contributed by atoms with E-state index in [1.165, 1.54) is 0 Å². The molecule has 1 aliphatic heterocycles. The summed E-state index contributed by atoms with van der Waals surface area (Å²) in [6, 6.07) is 3.83. The predicted octanol–water partition coefficient (Wildman–Crippen LogP) is 2.05. The van der Waals surface area contributed by atoms with Gasteiger partial charge in [-0.1, -0.05) is 0 Å². The van der Waals surface area contributed by atoms with Crippen LogP contribution in [0.2, 0.25) is 0 Å². The molecule has 20 heavy (non-hydrogen) atoms. The van der Waals surface area contributed by atoms with Crippen molar-refractivity contribution in [1.29, 1.82) is 0 Å².